The van der Waals surface area contributed by atoms with Gasteiger partial charge in [0.2, 0.25) is 0 Å². The van der Waals surface area contributed by atoms with E-state index in [1.807, 2.05) is 37.3 Å². The third-order valence-corrected chi connectivity index (χ3v) is 2.80. The van der Waals surface area contributed by atoms with Crippen molar-refractivity contribution in [1.29, 1.82) is 0 Å². The van der Waals surface area contributed by atoms with Gasteiger partial charge in [-0.1, -0.05) is 5.92 Å². The van der Waals surface area contributed by atoms with Crippen LogP contribution in [0.2, 0.25) is 0 Å². The second kappa shape index (κ2) is 5.02. The van der Waals surface area contributed by atoms with Crippen LogP contribution in [0.1, 0.15) is 17.0 Å². The summed E-state index contributed by atoms with van der Waals surface area (Å²) in [5.74, 6) is 7.57. The average Bonchev–Trinajstić information content (AvgIpc) is 2.93. The van der Waals surface area contributed by atoms with Gasteiger partial charge in [0, 0.05) is 11.3 Å². The van der Waals surface area contributed by atoms with Gasteiger partial charge in [0.15, 0.2) is 0 Å². The van der Waals surface area contributed by atoms with Gasteiger partial charge < -0.3 is 4.74 Å². The van der Waals surface area contributed by atoms with Crippen molar-refractivity contribution in [2.75, 3.05) is 7.11 Å². The maximum Gasteiger partial charge on any atom is 0.253 e. The smallest absolute Gasteiger partial charge is 0.253 e. The number of rotatable bonds is 1. The van der Waals surface area contributed by atoms with Gasteiger partial charge in [-0.2, -0.15) is 14.6 Å². The first kappa shape index (κ1) is 12.2. The molecule has 0 fully saturated rings. The summed E-state index contributed by atoms with van der Waals surface area (Å²) in [5.41, 5.74) is 2.54. The first-order chi connectivity index (χ1) is 9.76. The van der Waals surface area contributed by atoms with E-state index in [-0.39, 0.29) is 0 Å². The number of ether oxygens (including phenoxy) is 1. The third kappa shape index (κ3) is 2.31. The fraction of sp³-hybridized carbons (Fsp3) is 0.133. The molecule has 0 saturated carbocycles. The number of hydrogen-bond donors (Lipinski definition) is 0. The molecule has 2 heterocycles. The summed E-state index contributed by atoms with van der Waals surface area (Å²) >= 11 is 0. The molecule has 3 aromatic rings. The van der Waals surface area contributed by atoms with Gasteiger partial charge in [-0.25, -0.2) is 4.98 Å². The summed E-state index contributed by atoms with van der Waals surface area (Å²) in [4.78, 5) is 8.35. The number of fused-ring (bicyclic) bond motifs is 1. The molecule has 0 spiro atoms. The fourth-order valence-corrected chi connectivity index (χ4v) is 1.83. The van der Waals surface area contributed by atoms with Crippen LogP contribution in [0.25, 0.3) is 5.78 Å². The summed E-state index contributed by atoms with van der Waals surface area (Å²) in [7, 11) is 1.64. The molecule has 98 valence electrons. The first-order valence-electron chi connectivity index (χ1n) is 6.10. The lowest BCUT2D eigenvalue weighted by atomic mass is 10.2. The van der Waals surface area contributed by atoms with Gasteiger partial charge in [-0.15, -0.1) is 0 Å². The largest absolute Gasteiger partial charge is 0.497 e. The summed E-state index contributed by atoms with van der Waals surface area (Å²) in [5, 5.41) is 4.12. The van der Waals surface area contributed by atoms with Crippen molar-refractivity contribution in [3.05, 3.63) is 53.6 Å². The van der Waals surface area contributed by atoms with E-state index in [0.29, 0.717) is 5.78 Å². The van der Waals surface area contributed by atoms with Gasteiger partial charge in [0.25, 0.3) is 5.78 Å². The van der Waals surface area contributed by atoms with E-state index < -0.39 is 0 Å². The zero-order valence-corrected chi connectivity index (χ0v) is 11.2. The maximum atomic E-state index is 5.12. The highest BCUT2D eigenvalue weighted by Crippen LogP contribution is 2.10. The molecule has 5 heteroatoms. The molecule has 3 rings (SSSR count). The number of hydrogen-bond acceptors (Lipinski definition) is 4. The minimum Gasteiger partial charge on any atom is -0.497 e. The Morgan fingerprint density at radius 1 is 1.15 bits per heavy atom. The highest BCUT2D eigenvalue weighted by Gasteiger charge is 2.02. The summed E-state index contributed by atoms with van der Waals surface area (Å²) < 4.78 is 6.74. The molecule has 0 aliphatic carbocycles. The molecule has 0 aliphatic heterocycles. The molecule has 0 radical (unpaired) electrons. The molecule has 2 aromatic heterocycles. The van der Waals surface area contributed by atoms with Gasteiger partial charge in [-0.05, 0) is 43.2 Å². The van der Waals surface area contributed by atoms with Gasteiger partial charge in [0.1, 0.15) is 17.8 Å². The Bertz CT molecular complexity index is 809. The van der Waals surface area contributed by atoms with Crippen molar-refractivity contribution in [2.45, 2.75) is 6.92 Å². The predicted molar refractivity (Wildman–Crippen MR) is 74.5 cm³/mol. The van der Waals surface area contributed by atoms with Crippen molar-refractivity contribution in [3.8, 4) is 17.6 Å². The molecule has 5 nitrogen and oxygen atoms in total. The summed E-state index contributed by atoms with van der Waals surface area (Å²) in [6, 6.07) is 9.48. The zero-order valence-electron chi connectivity index (χ0n) is 11.2. The summed E-state index contributed by atoms with van der Waals surface area (Å²) in [6.45, 7) is 1.91. The Morgan fingerprint density at radius 3 is 2.70 bits per heavy atom. The van der Waals surface area contributed by atoms with E-state index in [4.69, 9.17) is 4.74 Å². The monoisotopic (exact) mass is 264 g/mol. The summed E-state index contributed by atoms with van der Waals surface area (Å²) in [6.07, 6.45) is 1.47. The van der Waals surface area contributed by atoms with Crippen LogP contribution in [-0.4, -0.2) is 26.7 Å². The van der Waals surface area contributed by atoms with E-state index in [9.17, 15) is 0 Å². The zero-order chi connectivity index (χ0) is 13.9. The third-order valence-electron chi connectivity index (χ3n) is 2.80. The normalized spacial score (nSPS) is 10.1. The van der Waals surface area contributed by atoms with Crippen molar-refractivity contribution in [3.63, 3.8) is 0 Å². The van der Waals surface area contributed by atoms with Crippen LogP contribution in [0.3, 0.4) is 0 Å². The van der Waals surface area contributed by atoms with Crippen molar-refractivity contribution in [2.24, 2.45) is 0 Å². The van der Waals surface area contributed by atoms with Crippen molar-refractivity contribution < 1.29 is 4.74 Å². The van der Waals surface area contributed by atoms with Crippen LogP contribution in [0, 0.1) is 18.8 Å². The van der Waals surface area contributed by atoms with Crippen LogP contribution in [0.15, 0.2) is 36.7 Å². The lowest BCUT2D eigenvalue weighted by Crippen LogP contribution is -1.98. The molecular weight excluding hydrogens is 252 g/mol. The lowest BCUT2D eigenvalue weighted by molar-refractivity contribution is 0.415. The second-order valence-corrected chi connectivity index (χ2v) is 4.23. The fourth-order valence-electron chi connectivity index (χ4n) is 1.83. The lowest BCUT2D eigenvalue weighted by Gasteiger charge is -1.99. The predicted octanol–water partition coefficient (Wildman–Crippen LogP) is 1.84. The Hall–Kier alpha value is -2.87. The van der Waals surface area contributed by atoms with Crippen LogP contribution < -0.4 is 4.74 Å². The van der Waals surface area contributed by atoms with Crippen molar-refractivity contribution >= 4 is 5.78 Å². The number of aryl methyl sites for hydroxylation is 1. The Balaban J connectivity index is 2.00. The van der Waals surface area contributed by atoms with Crippen LogP contribution >= 0.6 is 0 Å². The van der Waals surface area contributed by atoms with E-state index in [0.717, 1.165) is 22.7 Å². The van der Waals surface area contributed by atoms with E-state index >= 15 is 0 Å². The standard InChI is InChI=1S/C15H12N4O/c1-11-9-13(19-15(18-11)16-10-17-19)6-3-12-4-7-14(20-2)8-5-12/h4-5,7-10H,1-2H3. The number of nitrogens with zero attached hydrogens (tertiary/aromatic N) is 4. The molecule has 0 aliphatic rings. The highest BCUT2D eigenvalue weighted by molar-refractivity contribution is 5.44. The number of methoxy groups -OCH3 is 1. The number of benzene rings is 1. The van der Waals surface area contributed by atoms with E-state index in [1.54, 1.807) is 11.6 Å². The molecule has 0 atom stereocenters. The van der Waals surface area contributed by atoms with Crippen LogP contribution in [0.5, 0.6) is 5.75 Å². The maximum absolute atomic E-state index is 5.12. The second-order valence-electron chi connectivity index (χ2n) is 4.23. The van der Waals surface area contributed by atoms with Crippen LogP contribution in [0.4, 0.5) is 0 Å². The van der Waals surface area contributed by atoms with Gasteiger partial charge >= 0.3 is 0 Å². The quantitative estimate of drug-likeness (QED) is 0.629. The van der Waals surface area contributed by atoms with E-state index in [2.05, 4.69) is 26.9 Å². The van der Waals surface area contributed by atoms with E-state index in [1.165, 1.54) is 6.33 Å². The SMILES string of the molecule is COc1ccc(C#Cc2cc(C)nc3ncnn23)cc1. The molecular formula is C15H12N4O. The molecule has 0 unspecified atom stereocenters. The van der Waals surface area contributed by atoms with Gasteiger partial charge in [-0.3, -0.25) is 0 Å². The molecule has 0 N–H and O–H groups in total. The van der Waals surface area contributed by atoms with Crippen molar-refractivity contribution in [1.82, 2.24) is 19.6 Å². The number of aromatic nitrogens is 4. The average molecular weight is 264 g/mol. The molecule has 20 heavy (non-hydrogen) atoms. The molecule has 1 aromatic carbocycles. The Labute approximate surface area is 116 Å². The first-order valence-corrected chi connectivity index (χ1v) is 6.10. The Kier molecular flexibility index (Phi) is 3.05. The topological polar surface area (TPSA) is 52.3 Å². The van der Waals surface area contributed by atoms with Gasteiger partial charge in [0.05, 0.1) is 7.11 Å². The minimum absolute atomic E-state index is 0.559. The molecule has 0 amide bonds. The molecule has 0 saturated heterocycles. The Morgan fingerprint density at radius 2 is 1.95 bits per heavy atom. The molecule has 0 bridgehead atoms. The highest BCUT2D eigenvalue weighted by atomic mass is 16.5. The van der Waals surface area contributed by atoms with Crippen LogP contribution in [-0.2, 0) is 0 Å². The minimum atomic E-state index is 0.559.